The van der Waals surface area contributed by atoms with Crippen LogP contribution in [0.15, 0.2) is 42.7 Å². The van der Waals surface area contributed by atoms with Gasteiger partial charge in [0.25, 0.3) is 0 Å². The van der Waals surface area contributed by atoms with Gasteiger partial charge in [0.15, 0.2) is 0 Å². The highest BCUT2D eigenvalue weighted by molar-refractivity contribution is 5.91. The lowest BCUT2D eigenvalue weighted by atomic mass is 10.1. The van der Waals surface area contributed by atoms with Crippen molar-refractivity contribution in [3.05, 3.63) is 59.9 Å². The summed E-state index contributed by atoms with van der Waals surface area (Å²) in [7, 11) is 0. The molecule has 3 heterocycles. The van der Waals surface area contributed by atoms with Crippen LogP contribution in [-0.4, -0.2) is 36.3 Å². The van der Waals surface area contributed by atoms with Gasteiger partial charge in [0.1, 0.15) is 23.0 Å². The number of aromatic nitrogens is 2. The van der Waals surface area contributed by atoms with Crippen LogP contribution in [0.1, 0.15) is 5.56 Å². The van der Waals surface area contributed by atoms with Crippen LogP contribution in [0.2, 0.25) is 0 Å². The fourth-order valence-corrected chi connectivity index (χ4v) is 3.04. The summed E-state index contributed by atoms with van der Waals surface area (Å²) in [6.07, 6.45) is 3.26. The van der Waals surface area contributed by atoms with E-state index >= 15 is 0 Å². The molecule has 0 unspecified atom stereocenters. The van der Waals surface area contributed by atoms with Gasteiger partial charge in [-0.2, -0.15) is 0 Å². The predicted molar refractivity (Wildman–Crippen MR) is 96.3 cm³/mol. The van der Waals surface area contributed by atoms with Gasteiger partial charge in [-0.25, -0.2) is 13.8 Å². The molecule has 0 spiro atoms. The largest absolute Gasteiger partial charge is 0.380 e. The van der Waals surface area contributed by atoms with E-state index in [1.165, 1.54) is 6.20 Å². The third-order valence-corrected chi connectivity index (χ3v) is 4.42. The first-order valence-corrected chi connectivity index (χ1v) is 8.46. The van der Waals surface area contributed by atoms with Gasteiger partial charge in [0.05, 0.1) is 18.6 Å². The smallest absolute Gasteiger partial charge is 0.149 e. The molecule has 1 aliphatic rings. The molecule has 2 aromatic heterocycles. The Hall–Kier alpha value is -2.80. The van der Waals surface area contributed by atoms with E-state index in [0.29, 0.717) is 25.4 Å². The molecule has 4 rings (SSSR count). The fraction of sp³-hybridized carbons (Fsp3) is 0.263. The summed E-state index contributed by atoms with van der Waals surface area (Å²) in [5, 5.41) is 3.31. The third-order valence-electron chi connectivity index (χ3n) is 4.42. The normalized spacial score (nSPS) is 14.6. The molecule has 1 N–H and O–H groups in total. The number of nitrogens with zero attached hydrogens (tertiary/aromatic N) is 3. The van der Waals surface area contributed by atoms with Crippen LogP contribution in [0.25, 0.3) is 10.9 Å². The number of hydrogen-bond acceptors (Lipinski definition) is 5. The van der Waals surface area contributed by atoms with E-state index in [1.54, 1.807) is 12.3 Å². The van der Waals surface area contributed by atoms with Gasteiger partial charge in [-0.05, 0) is 29.8 Å². The van der Waals surface area contributed by atoms with Crippen LogP contribution in [0.4, 0.5) is 20.3 Å². The van der Waals surface area contributed by atoms with Crippen molar-refractivity contribution in [1.29, 1.82) is 0 Å². The number of halogens is 2. The maximum atomic E-state index is 14.1. The van der Waals surface area contributed by atoms with Gasteiger partial charge in [-0.15, -0.1) is 0 Å². The highest BCUT2D eigenvalue weighted by Crippen LogP contribution is 2.27. The highest BCUT2D eigenvalue weighted by atomic mass is 19.1. The summed E-state index contributed by atoms with van der Waals surface area (Å²) >= 11 is 0. The standard InChI is InChI=1S/C19H18F2N4O/c20-14-2-3-15(21)19-18(14)16(5-6-22-19)23-11-13-1-4-17(24-12-13)25-7-9-26-10-8-25/h1-6,12H,7-11H2,(H,22,23). The lowest BCUT2D eigenvalue weighted by Crippen LogP contribution is -2.36. The first-order valence-electron chi connectivity index (χ1n) is 8.46. The molecule has 1 saturated heterocycles. The maximum absolute atomic E-state index is 14.1. The van der Waals surface area contributed by atoms with Crippen LogP contribution in [0, 0.1) is 11.6 Å². The van der Waals surface area contributed by atoms with Gasteiger partial charge in [-0.1, -0.05) is 6.07 Å². The Morgan fingerprint density at radius 3 is 2.58 bits per heavy atom. The zero-order valence-electron chi connectivity index (χ0n) is 14.1. The minimum atomic E-state index is -0.540. The van der Waals surface area contributed by atoms with E-state index in [4.69, 9.17) is 4.74 Å². The quantitative estimate of drug-likeness (QED) is 0.777. The highest BCUT2D eigenvalue weighted by Gasteiger charge is 2.13. The van der Waals surface area contributed by atoms with Crippen LogP contribution >= 0.6 is 0 Å². The van der Waals surface area contributed by atoms with Crippen molar-refractivity contribution in [2.24, 2.45) is 0 Å². The second kappa shape index (κ2) is 7.21. The molecule has 0 radical (unpaired) electrons. The average molecular weight is 356 g/mol. The summed E-state index contributed by atoms with van der Waals surface area (Å²) < 4.78 is 33.3. The minimum Gasteiger partial charge on any atom is -0.380 e. The number of fused-ring (bicyclic) bond motifs is 1. The molecule has 0 bridgehead atoms. The van der Waals surface area contributed by atoms with Crippen LogP contribution < -0.4 is 10.2 Å². The monoisotopic (exact) mass is 356 g/mol. The molecule has 5 nitrogen and oxygen atoms in total. The minimum absolute atomic E-state index is 0.0239. The van der Waals surface area contributed by atoms with Gasteiger partial charge in [-0.3, -0.25) is 4.98 Å². The van der Waals surface area contributed by atoms with E-state index in [2.05, 4.69) is 20.2 Å². The number of rotatable bonds is 4. The molecule has 1 fully saturated rings. The van der Waals surface area contributed by atoms with E-state index < -0.39 is 11.6 Å². The Kier molecular flexibility index (Phi) is 4.62. The first kappa shape index (κ1) is 16.7. The Morgan fingerprint density at radius 1 is 1.00 bits per heavy atom. The van der Waals surface area contributed by atoms with Gasteiger partial charge >= 0.3 is 0 Å². The zero-order valence-corrected chi connectivity index (χ0v) is 14.1. The Morgan fingerprint density at radius 2 is 1.81 bits per heavy atom. The predicted octanol–water partition coefficient (Wildman–Crippen LogP) is 3.36. The topological polar surface area (TPSA) is 50.3 Å². The summed E-state index contributed by atoms with van der Waals surface area (Å²) in [4.78, 5) is 10.6. The van der Waals surface area contributed by atoms with Crippen molar-refractivity contribution in [1.82, 2.24) is 9.97 Å². The number of nitrogens with one attached hydrogen (secondary N) is 1. The Bertz CT molecular complexity index is 911. The Balaban J connectivity index is 1.51. The second-order valence-corrected chi connectivity index (χ2v) is 6.09. The third kappa shape index (κ3) is 3.30. The van der Waals surface area contributed by atoms with Gasteiger partial charge in [0.2, 0.25) is 0 Å². The van der Waals surface area contributed by atoms with Crippen LogP contribution in [0.3, 0.4) is 0 Å². The number of hydrogen-bond donors (Lipinski definition) is 1. The molecule has 3 aromatic rings. The van der Waals surface area contributed by atoms with Crippen LogP contribution in [-0.2, 0) is 11.3 Å². The maximum Gasteiger partial charge on any atom is 0.149 e. The summed E-state index contributed by atoms with van der Waals surface area (Å²) in [5.74, 6) is -0.126. The lowest BCUT2D eigenvalue weighted by Gasteiger charge is -2.27. The number of anilines is 2. The van der Waals surface area contributed by atoms with E-state index in [0.717, 1.165) is 36.6 Å². The Labute approximate surface area is 149 Å². The first-order chi connectivity index (χ1) is 12.7. The van der Waals surface area contributed by atoms with Crippen molar-refractivity contribution < 1.29 is 13.5 Å². The van der Waals surface area contributed by atoms with Crippen molar-refractivity contribution in [3.8, 4) is 0 Å². The van der Waals surface area contributed by atoms with Crippen molar-refractivity contribution in [2.45, 2.75) is 6.54 Å². The molecule has 0 atom stereocenters. The van der Waals surface area contributed by atoms with E-state index in [1.807, 2.05) is 12.1 Å². The molecule has 0 amide bonds. The number of ether oxygens (including phenoxy) is 1. The molecule has 26 heavy (non-hydrogen) atoms. The van der Waals surface area contributed by atoms with Gasteiger partial charge < -0.3 is 15.0 Å². The molecule has 0 aliphatic carbocycles. The number of benzene rings is 1. The van der Waals surface area contributed by atoms with E-state index in [9.17, 15) is 8.78 Å². The van der Waals surface area contributed by atoms with E-state index in [-0.39, 0.29) is 10.9 Å². The molecular formula is C19H18F2N4O. The molecule has 1 aliphatic heterocycles. The summed E-state index contributed by atoms with van der Waals surface area (Å²) in [5.41, 5.74) is 1.48. The SMILES string of the molecule is Fc1ccc(F)c2c(NCc3ccc(N4CCOCC4)nc3)ccnc12. The van der Waals surface area contributed by atoms with Crippen molar-refractivity contribution in [2.75, 3.05) is 36.5 Å². The molecule has 7 heteroatoms. The molecule has 134 valence electrons. The molecule has 0 saturated carbocycles. The molecule has 1 aromatic carbocycles. The van der Waals surface area contributed by atoms with Crippen LogP contribution in [0.5, 0.6) is 0 Å². The van der Waals surface area contributed by atoms with Crippen molar-refractivity contribution >= 4 is 22.4 Å². The lowest BCUT2D eigenvalue weighted by molar-refractivity contribution is 0.122. The zero-order chi connectivity index (χ0) is 17.9. The summed E-state index contributed by atoms with van der Waals surface area (Å²) in [6, 6.07) is 7.78. The fourth-order valence-electron chi connectivity index (χ4n) is 3.04. The number of pyridine rings is 2. The average Bonchev–Trinajstić information content (AvgIpc) is 2.70. The molecular weight excluding hydrogens is 338 g/mol. The van der Waals surface area contributed by atoms with Crippen molar-refractivity contribution in [3.63, 3.8) is 0 Å². The second-order valence-electron chi connectivity index (χ2n) is 6.09. The van der Waals surface area contributed by atoms with Gasteiger partial charge in [0, 0.05) is 37.7 Å². The summed E-state index contributed by atoms with van der Waals surface area (Å²) in [6.45, 7) is 3.53. The number of morpholine rings is 1.